The fourth-order valence-corrected chi connectivity index (χ4v) is 3.70. The summed E-state index contributed by atoms with van der Waals surface area (Å²) in [6, 6.07) is 6.42. The highest BCUT2D eigenvalue weighted by molar-refractivity contribution is 5.66. The second-order valence-corrected chi connectivity index (χ2v) is 6.68. The molecule has 4 heterocycles. The minimum atomic E-state index is 0.391. The van der Waals surface area contributed by atoms with E-state index in [9.17, 15) is 0 Å². The number of fused-ring (bicyclic) bond motifs is 1. The van der Waals surface area contributed by atoms with Gasteiger partial charge in [0.2, 0.25) is 0 Å². The highest BCUT2D eigenvalue weighted by Gasteiger charge is 2.25. The lowest BCUT2D eigenvalue weighted by Gasteiger charge is -2.19. The third kappa shape index (κ3) is 2.82. The lowest BCUT2D eigenvalue weighted by Crippen LogP contribution is -2.21. The maximum atomic E-state index is 5.71. The number of hydrogen-bond acceptors (Lipinski definition) is 6. The van der Waals surface area contributed by atoms with Gasteiger partial charge in [-0.15, -0.1) is 0 Å². The lowest BCUT2D eigenvalue weighted by molar-refractivity contribution is 0.171. The van der Waals surface area contributed by atoms with Crippen molar-refractivity contribution in [2.24, 2.45) is 0 Å². The van der Waals surface area contributed by atoms with E-state index < -0.39 is 0 Å². The van der Waals surface area contributed by atoms with E-state index in [2.05, 4.69) is 25.2 Å². The maximum Gasteiger partial charge on any atom is 0.162 e. The van der Waals surface area contributed by atoms with Crippen LogP contribution in [0.5, 0.6) is 11.5 Å². The van der Waals surface area contributed by atoms with Crippen molar-refractivity contribution in [3.8, 4) is 22.8 Å². The van der Waals surface area contributed by atoms with E-state index in [0.29, 0.717) is 19.3 Å². The number of aromatic amines is 1. The van der Waals surface area contributed by atoms with Crippen molar-refractivity contribution in [2.45, 2.75) is 19.0 Å². The fraction of sp³-hybridized carbons (Fsp3) is 0.389. The van der Waals surface area contributed by atoms with Gasteiger partial charge in [0.25, 0.3) is 0 Å². The third-order valence-electron chi connectivity index (χ3n) is 5.00. The van der Waals surface area contributed by atoms with Gasteiger partial charge in [0, 0.05) is 30.8 Å². The summed E-state index contributed by atoms with van der Waals surface area (Å²) in [4.78, 5) is 6.48. The average Bonchev–Trinajstić information content (AvgIpc) is 3.43. The maximum absolute atomic E-state index is 5.71. The van der Waals surface area contributed by atoms with Gasteiger partial charge in [0.1, 0.15) is 25.9 Å². The van der Waals surface area contributed by atoms with Gasteiger partial charge >= 0.3 is 0 Å². The number of benzene rings is 1. The summed E-state index contributed by atoms with van der Waals surface area (Å²) >= 11 is 0. The van der Waals surface area contributed by atoms with E-state index >= 15 is 0 Å². The van der Waals surface area contributed by atoms with Crippen molar-refractivity contribution >= 4 is 0 Å². The fourth-order valence-electron chi connectivity index (χ4n) is 3.70. The molecule has 8 nitrogen and oxygen atoms in total. The number of hydrogen-bond donors (Lipinski definition) is 1. The number of nitrogens with one attached hydrogen (secondary N) is 1. The summed E-state index contributed by atoms with van der Waals surface area (Å²) in [5.74, 6) is 1.60. The number of likely N-dealkylation sites (tertiary alicyclic amines) is 1. The van der Waals surface area contributed by atoms with Crippen LogP contribution in [0, 0.1) is 0 Å². The molecule has 1 N–H and O–H groups in total. The Balaban J connectivity index is 1.34. The molecule has 134 valence electrons. The molecule has 1 unspecified atom stereocenters. The first kappa shape index (κ1) is 15.4. The zero-order valence-electron chi connectivity index (χ0n) is 14.3. The van der Waals surface area contributed by atoms with E-state index in [4.69, 9.17) is 9.47 Å². The van der Waals surface area contributed by atoms with Crippen molar-refractivity contribution in [1.82, 2.24) is 29.9 Å². The summed E-state index contributed by atoms with van der Waals surface area (Å²) in [5, 5.41) is 11.7. The van der Waals surface area contributed by atoms with Crippen LogP contribution in [0.4, 0.5) is 0 Å². The molecule has 0 amide bonds. The van der Waals surface area contributed by atoms with Gasteiger partial charge < -0.3 is 9.47 Å². The van der Waals surface area contributed by atoms with E-state index in [1.807, 2.05) is 29.1 Å². The zero-order valence-corrected chi connectivity index (χ0v) is 14.3. The molecule has 26 heavy (non-hydrogen) atoms. The van der Waals surface area contributed by atoms with Crippen LogP contribution in [0.3, 0.4) is 0 Å². The molecule has 1 saturated heterocycles. The van der Waals surface area contributed by atoms with Gasteiger partial charge in [0.15, 0.2) is 11.5 Å². The van der Waals surface area contributed by atoms with Gasteiger partial charge in [-0.2, -0.15) is 10.2 Å². The van der Waals surface area contributed by atoms with E-state index in [1.165, 1.54) is 5.56 Å². The zero-order chi connectivity index (χ0) is 17.3. The van der Waals surface area contributed by atoms with E-state index in [0.717, 1.165) is 48.8 Å². The Hall–Kier alpha value is -2.87. The molecule has 0 spiro atoms. The molecule has 2 aromatic heterocycles. The number of ether oxygens (including phenoxy) is 2. The lowest BCUT2D eigenvalue weighted by atomic mass is 10.1. The molecule has 0 saturated carbocycles. The Morgan fingerprint density at radius 3 is 3.00 bits per heavy atom. The molecule has 0 aliphatic carbocycles. The Kier molecular flexibility index (Phi) is 3.82. The molecule has 1 fully saturated rings. The molecule has 0 bridgehead atoms. The molecular formula is C18H20N6O2. The van der Waals surface area contributed by atoms with Gasteiger partial charge in [-0.1, -0.05) is 0 Å². The predicted octanol–water partition coefficient (Wildman–Crippen LogP) is 1.89. The summed E-state index contributed by atoms with van der Waals surface area (Å²) in [6.07, 6.45) is 6.39. The second kappa shape index (κ2) is 6.45. The van der Waals surface area contributed by atoms with Crippen LogP contribution >= 0.6 is 0 Å². The first-order chi connectivity index (χ1) is 12.9. The highest BCUT2D eigenvalue weighted by Crippen LogP contribution is 2.35. The SMILES string of the molecule is c1ncn(C2CCN(Cc3cn[nH]c3-c3ccc4c(c3)OCCO4)C2)n1. The highest BCUT2D eigenvalue weighted by atomic mass is 16.6. The number of H-pyrrole nitrogens is 1. The average molecular weight is 352 g/mol. The standard InChI is InChI=1S/C18H20N6O2/c1-2-16-17(26-6-5-25-16)7-13(1)18-14(8-20-22-18)9-23-4-3-15(10-23)24-12-19-11-21-24/h1-2,7-8,11-12,15H,3-6,9-10H2,(H,20,22). The van der Waals surface area contributed by atoms with Crippen LogP contribution in [-0.4, -0.2) is 56.2 Å². The predicted molar refractivity (Wildman–Crippen MR) is 94.0 cm³/mol. The van der Waals surface area contributed by atoms with Crippen molar-refractivity contribution in [1.29, 1.82) is 0 Å². The van der Waals surface area contributed by atoms with Gasteiger partial charge in [-0.25, -0.2) is 9.67 Å². The largest absolute Gasteiger partial charge is 0.486 e. The van der Waals surface area contributed by atoms with Crippen molar-refractivity contribution in [3.63, 3.8) is 0 Å². The van der Waals surface area contributed by atoms with Crippen molar-refractivity contribution < 1.29 is 9.47 Å². The number of aromatic nitrogens is 5. The Morgan fingerprint density at radius 2 is 2.12 bits per heavy atom. The Bertz CT molecular complexity index is 891. The summed E-state index contributed by atoms with van der Waals surface area (Å²) in [5.41, 5.74) is 3.28. The number of rotatable bonds is 4. The normalized spacial score (nSPS) is 19.8. The molecule has 5 rings (SSSR count). The summed E-state index contributed by atoms with van der Waals surface area (Å²) in [7, 11) is 0. The summed E-state index contributed by atoms with van der Waals surface area (Å²) < 4.78 is 13.3. The van der Waals surface area contributed by atoms with Crippen molar-refractivity contribution in [2.75, 3.05) is 26.3 Å². The molecule has 2 aliphatic rings. The van der Waals surface area contributed by atoms with Crippen LogP contribution in [-0.2, 0) is 6.54 Å². The molecule has 3 aromatic rings. The molecule has 2 aliphatic heterocycles. The van der Waals surface area contributed by atoms with E-state index in [1.54, 1.807) is 12.7 Å². The first-order valence-electron chi connectivity index (χ1n) is 8.85. The number of nitrogens with zero attached hydrogens (tertiary/aromatic N) is 5. The van der Waals surface area contributed by atoms with Crippen LogP contribution in [0.1, 0.15) is 18.0 Å². The van der Waals surface area contributed by atoms with Gasteiger partial charge in [-0.3, -0.25) is 10.00 Å². The van der Waals surface area contributed by atoms with Gasteiger partial charge in [-0.05, 0) is 24.6 Å². The first-order valence-corrected chi connectivity index (χ1v) is 8.85. The smallest absolute Gasteiger partial charge is 0.162 e. The Morgan fingerprint density at radius 1 is 1.19 bits per heavy atom. The third-order valence-corrected chi connectivity index (χ3v) is 5.00. The van der Waals surface area contributed by atoms with Crippen LogP contribution in [0.15, 0.2) is 37.1 Å². The second-order valence-electron chi connectivity index (χ2n) is 6.68. The minimum Gasteiger partial charge on any atom is -0.486 e. The van der Waals surface area contributed by atoms with Crippen LogP contribution in [0.25, 0.3) is 11.3 Å². The minimum absolute atomic E-state index is 0.391. The Labute approximate surface area is 150 Å². The molecule has 1 atom stereocenters. The van der Waals surface area contributed by atoms with Gasteiger partial charge in [0.05, 0.1) is 17.9 Å². The molecule has 8 heteroatoms. The van der Waals surface area contributed by atoms with E-state index in [-0.39, 0.29) is 0 Å². The summed E-state index contributed by atoms with van der Waals surface area (Å²) in [6.45, 7) is 4.05. The quantitative estimate of drug-likeness (QED) is 0.772. The molecule has 0 radical (unpaired) electrons. The van der Waals surface area contributed by atoms with Crippen LogP contribution < -0.4 is 9.47 Å². The topological polar surface area (TPSA) is 81.1 Å². The molecule has 1 aromatic carbocycles. The van der Waals surface area contributed by atoms with Crippen LogP contribution in [0.2, 0.25) is 0 Å². The molecular weight excluding hydrogens is 332 g/mol. The monoisotopic (exact) mass is 352 g/mol. The van der Waals surface area contributed by atoms with Crippen molar-refractivity contribution in [3.05, 3.63) is 42.6 Å².